The molecule has 3 aromatic heterocycles. The number of amides is 1. The number of hydrogen-bond acceptors (Lipinski definition) is 7. The molecule has 0 spiro atoms. The Morgan fingerprint density at radius 1 is 1.03 bits per heavy atom. The predicted octanol–water partition coefficient (Wildman–Crippen LogP) is 4.95. The molecule has 0 radical (unpaired) electrons. The van der Waals surface area contributed by atoms with Crippen molar-refractivity contribution in [3.05, 3.63) is 84.4 Å². The zero-order chi connectivity index (χ0) is 23.5. The van der Waals surface area contributed by atoms with E-state index in [1.807, 2.05) is 73.7 Å². The molecule has 0 saturated carbocycles. The van der Waals surface area contributed by atoms with Gasteiger partial charge in [-0.05, 0) is 61.6 Å². The summed E-state index contributed by atoms with van der Waals surface area (Å²) in [5, 5.41) is 19.3. The van der Waals surface area contributed by atoms with Gasteiger partial charge < -0.3 is 9.73 Å². The summed E-state index contributed by atoms with van der Waals surface area (Å²) >= 11 is 6.72. The van der Waals surface area contributed by atoms with E-state index in [4.69, 9.17) is 16.6 Å². The zero-order valence-electron chi connectivity index (χ0n) is 17.9. The number of furan rings is 1. The molecule has 0 aliphatic heterocycles. The third kappa shape index (κ3) is 4.77. The fourth-order valence-electron chi connectivity index (χ4n) is 3.20. The van der Waals surface area contributed by atoms with Crippen LogP contribution in [0.2, 0.25) is 0 Å². The Hall–Kier alpha value is -4.15. The molecule has 2 N–H and O–H groups in total. The number of fused-ring (bicyclic) bond motifs is 1. The fourth-order valence-corrected chi connectivity index (χ4v) is 4.31. The van der Waals surface area contributed by atoms with Gasteiger partial charge in [-0.1, -0.05) is 41.7 Å². The highest BCUT2D eigenvalue weighted by atomic mass is 32.1. The average Bonchev–Trinajstić information content (AvgIpc) is 3.57. The number of nitrogens with zero attached hydrogens (tertiary/aromatic N) is 4. The number of anilines is 1. The van der Waals surface area contributed by atoms with Crippen LogP contribution in [0.25, 0.3) is 32.9 Å². The van der Waals surface area contributed by atoms with Crippen molar-refractivity contribution in [2.24, 2.45) is 0 Å². The van der Waals surface area contributed by atoms with Crippen LogP contribution in [0, 0.1) is 6.92 Å². The first-order chi connectivity index (χ1) is 16.5. The fraction of sp³-hybridized carbons (Fsp3) is 0.0417. The van der Waals surface area contributed by atoms with E-state index in [2.05, 4.69) is 25.9 Å². The van der Waals surface area contributed by atoms with Gasteiger partial charge in [0.25, 0.3) is 0 Å². The molecule has 0 fully saturated rings. The first-order valence-electron chi connectivity index (χ1n) is 10.3. The molecule has 34 heavy (non-hydrogen) atoms. The van der Waals surface area contributed by atoms with Crippen molar-refractivity contribution in [1.29, 1.82) is 0 Å². The van der Waals surface area contributed by atoms with Crippen LogP contribution in [-0.2, 0) is 4.79 Å². The number of carbonyl (C=O) groups is 1. The van der Waals surface area contributed by atoms with E-state index in [0.29, 0.717) is 5.76 Å². The van der Waals surface area contributed by atoms with Crippen LogP contribution in [0.4, 0.5) is 5.69 Å². The van der Waals surface area contributed by atoms with Crippen molar-refractivity contribution in [1.82, 2.24) is 25.1 Å². The molecular weight excluding hydrogens is 468 g/mol. The largest absolute Gasteiger partial charge is 0.457 e. The number of nitrogens with one attached hydrogen (secondary N) is 2. The molecule has 5 aromatic rings. The third-order valence-corrected chi connectivity index (χ3v) is 6.01. The summed E-state index contributed by atoms with van der Waals surface area (Å²) in [7, 11) is 0. The summed E-state index contributed by atoms with van der Waals surface area (Å²) in [5.74, 6) is 1.69. The lowest BCUT2D eigenvalue weighted by Gasteiger charge is -2.08. The van der Waals surface area contributed by atoms with Crippen molar-refractivity contribution in [2.75, 3.05) is 5.32 Å². The molecule has 1 amide bonds. The van der Waals surface area contributed by atoms with Gasteiger partial charge in [0.2, 0.25) is 10.9 Å². The lowest BCUT2D eigenvalue weighted by Crippen LogP contribution is -2.32. The van der Waals surface area contributed by atoms with Crippen molar-refractivity contribution in [3.8, 4) is 21.9 Å². The van der Waals surface area contributed by atoms with Gasteiger partial charge in [0.1, 0.15) is 16.5 Å². The number of thiocarbonyl (C=S) groups is 1. The van der Waals surface area contributed by atoms with Crippen LogP contribution in [0.5, 0.6) is 0 Å². The monoisotopic (exact) mass is 486 g/mol. The Kier molecular flexibility index (Phi) is 5.98. The second-order valence-electron chi connectivity index (χ2n) is 7.27. The molecule has 8 nitrogen and oxygen atoms in total. The summed E-state index contributed by atoms with van der Waals surface area (Å²) in [5.41, 5.74) is 2.67. The minimum absolute atomic E-state index is 0.196. The molecule has 3 heterocycles. The molecule has 2 aromatic carbocycles. The van der Waals surface area contributed by atoms with Gasteiger partial charge in [-0.15, -0.1) is 10.2 Å². The molecule has 5 rings (SSSR count). The first kappa shape index (κ1) is 21.7. The Morgan fingerprint density at radius 2 is 1.82 bits per heavy atom. The first-order valence-corrected chi connectivity index (χ1v) is 11.5. The van der Waals surface area contributed by atoms with Gasteiger partial charge >= 0.3 is 0 Å². The van der Waals surface area contributed by atoms with Crippen LogP contribution in [0.15, 0.2) is 77.2 Å². The van der Waals surface area contributed by atoms with Gasteiger partial charge in [-0.2, -0.15) is 9.61 Å². The average molecular weight is 487 g/mol. The molecular formula is C24H18N6O2S2. The Labute approximate surface area is 204 Å². The highest BCUT2D eigenvalue weighted by Crippen LogP contribution is 2.26. The standard InChI is InChI=1S/C24H18N6O2S2/c1-15-27-28-24-30(15)29-22(34-24)17-7-9-18(10-8-17)25-23(33)26-21(31)14-12-19-11-13-20(32-19)16-5-3-2-4-6-16/h2-14H,1H3,(H2,25,26,31,33)/b14-12+. The smallest absolute Gasteiger partial charge is 0.250 e. The molecule has 10 heteroatoms. The van der Waals surface area contributed by atoms with E-state index in [1.54, 1.807) is 10.6 Å². The molecule has 0 bridgehead atoms. The summed E-state index contributed by atoms with van der Waals surface area (Å²) in [6, 6.07) is 21.0. The normalized spacial score (nSPS) is 11.2. The van der Waals surface area contributed by atoms with Gasteiger partial charge in [-0.25, -0.2) is 0 Å². The van der Waals surface area contributed by atoms with Crippen LogP contribution >= 0.6 is 23.6 Å². The maximum Gasteiger partial charge on any atom is 0.250 e. The van der Waals surface area contributed by atoms with E-state index in [-0.39, 0.29) is 11.0 Å². The maximum atomic E-state index is 12.2. The summed E-state index contributed by atoms with van der Waals surface area (Å²) in [6.45, 7) is 1.86. The topological polar surface area (TPSA) is 97.3 Å². The van der Waals surface area contributed by atoms with Gasteiger partial charge in [0.15, 0.2) is 10.9 Å². The highest BCUT2D eigenvalue weighted by Gasteiger charge is 2.11. The van der Waals surface area contributed by atoms with Crippen LogP contribution in [0.3, 0.4) is 0 Å². The Bertz CT molecular complexity index is 1500. The maximum absolute atomic E-state index is 12.2. The summed E-state index contributed by atoms with van der Waals surface area (Å²) in [4.78, 5) is 13.0. The molecule has 0 aliphatic rings. The molecule has 0 saturated heterocycles. The number of aromatic nitrogens is 4. The van der Waals surface area contributed by atoms with Gasteiger partial charge in [0, 0.05) is 22.9 Å². The third-order valence-electron chi connectivity index (χ3n) is 4.86. The minimum Gasteiger partial charge on any atom is -0.457 e. The summed E-state index contributed by atoms with van der Waals surface area (Å²) < 4.78 is 7.48. The molecule has 0 unspecified atom stereocenters. The minimum atomic E-state index is -0.359. The predicted molar refractivity (Wildman–Crippen MR) is 136 cm³/mol. The quantitative estimate of drug-likeness (QED) is 0.268. The Balaban J connectivity index is 1.16. The van der Waals surface area contributed by atoms with E-state index in [0.717, 1.165) is 38.4 Å². The summed E-state index contributed by atoms with van der Waals surface area (Å²) in [6.07, 6.45) is 2.97. The van der Waals surface area contributed by atoms with E-state index in [9.17, 15) is 4.79 Å². The van der Waals surface area contributed by atoms with Crippen molar-refractivity contribution in [2.45, 2.75) is 6.92 Å². The Morgan fingerprint density at radius 3 is 2.59 bits per heavy atom. The number of aryl methyl sites for hydroxylation is 1. The van der Waals surface area contributed by atoms with Crippen LogP contribution in [0.1, 0.15) is 11.6 Å². The zero-order valence-corrected chi connectivity index (χ0v) is 19.6. The molecule has 0 atom stereocenters. The number of rotatable bonds is 5. The van der Waals surface area contributed by atoms with Crippen molar-refractivity contribution >= 4 is 51.3 Å². The van der Waals surface area contributed by atoms with E-state index < -0.39 is 0 Å². The lowest BCUT2D eigenvalue weighted by molar-refractivity contribution is -0.115. The number of benzene rings is 2. The highest BCUT2D eigenvalue weighted by molar-refractivity contribution is 7.80. The van der Waals surface area contributed by atoms with Crippen molar-refractivity contribution < 1.29 is 9.21 Å². The number of hydrogen-bond donors (Lipinski definition) is 2. The molecule has 0 aliphatic carbocycles. The second-order valence-corrected chi connectivity index (χ2v) is 8.64. The molecule has 168 valence electrons. The lowest BCUT2D eigenvalue weighted by atomic mass is 10.2. The second kappa shape index (κ2) is 9.38. The SMILES string of the molecule is Cc1nnc2sc(-c3ccc(NC(=S)NC(=O)/C=C/c4ccc(-c5ccccc5)o4)cc3)nn12. The van der Waals surface area contributed by atoms with Crippen LogP contribution < -0.4 is 10.6 Å². The van der Waals surface area contributed by atoms with Gasteiger partial charge in [-0.3, -0.25) is 10.1 Å². The van der Waals surface area contributed by atoms with E-state index >= 15 is 0 Å². The van der Waals surface area contributed by atoms with Crippen LogP contribution in [-0.4, -0.2) is 30.8 Å². The number of carbonyl (C=O) groups excluding carboxylic acids is 1. The van der Waals surface area contributed by atoms with Gasteiger partial charge in [0.05, 0.1) is 0 Å². The van der Waals surface area contributed by atoms with E-state index in [1.165, 1.54) is 17.4 Å². The van der Waals surface area contributed by atoms with Crippen molar-refractivity contribution in [3.63, 3.8) is 0 Å².